The summed E-state index contributed by atoms with van der Waals surface area (Å²) in [6.45, 7) is 4.26. The molecule has 0 saturated heterocycles. The molecule has 0 spiro atoms. The van der Waals surface area contributed by atoms with Crippen molar-refractivity contribution in [3.63, 3.8) is 0 Å². The van der Waals surface area contributed by atoms with Crippen molar-refractivity contribution >= 4 is 17.4 Å². The smallest absolute Gasteiger partial charge is 0.161 e. The Morgan fingerprint density at radius 2 is 1.55 bits per heavy atom. The normalized spacial score (nSPS) is 11.5. The topological polar surface area (TPSA) is 73.1 Å². The molecule has 0 unspecified atom stereocenters. The maximum absolute atomic E-state index is 9.86. The van der Waals surface area contributed by atoms with E-state index in [9.17, 15) is 5.26 Å². The average molecular weight is 421 g/mol. The Kier molecular flexibility index (Phi) is 9.18. The zero-order valence-electron chi connectivity index (χ0n) is 18.5. The van der Waals surface area contributed by atoms with Gasteiger partial charge in [-0.25, -0.2) is 0 Å². The summed E-state index contributed by atoms with van der Waals surface area (Å²) in [6.07, 6.45) is 5.41. The first-order chi connectivity index (χ1) is 15.1. The van der Waals surface area contributed by atoms with Gasteiger partial charge in [-0.3, -0.25) is 4.99 Å². The lowest BCUT2D eigenvalue weighted by atomic mass is 9.98. The van der Waals surface area contributed by atoms with Gasteiger partial charge in [-0.2, -0.15) is 5.26 Å². The fourth-order valence-corrected chi connectivity index (χ4v) is 3.01. The van der Waals surface area contributed by atoms with E-state index in [-0.39, 0.29) is 0 Å². The summed E-state index contributed by atoms with van der Waals surface area (Å²) in [5.74, 6) is 2.41. The number of ether oxygens (including phenoxy) is 4. The lowest BCUT2D eigenvalue weighted by Gasteiger charge is -2.13. The summed E-state index contributed by atoms with van der Waals surface area (Å²) < 4.78 is 21.5. The zero-order valence-corrected chi connectivity index (χ0v) is 18.5. The summed E-state index contributed by atoms with van der Waals surface area (Å²) in [4.78, 5) is 4.54. The highest BCUT2D eigenvalue weighted by atomic mass is 16.5. The maximum Gasteiger partial charge on any atom is 0.161 e. The van der Waals surface area contributed by atoms with Crippen LogP contribution in [0.2, 0.25) is 0 Å². The molecule has 6 nitrogen and oxygen atoms in total. The van der Waals surface area contributed by atoms with Gasteiger partial charge in [-0.05, 0) is 54.3 Å². The molecule has 0 atom stereocenters. The van der Waals surface area contributed by atoms with Gasteiger partial charge in [0.05, 0.1) is 28.4 Å². The van der Waals surface area contributed by atoms with Gasteiger partial charge >= 0.3 is 0 Å². The van der Waals surface area contributed by atoms with E-state index in [1.165, 1.54) is 0 Å². The monoisotopic (exact) mass is 420 g/mol. The van der Waals surface area contributed by atoms with Crippen LogP contribution in [-0.2, 0) is 0 Å². The molecule has 0 amide bonds. The summed E-state index contributed by atoms with van der Waals surface area (Å²) in [7, 11) is 6.34. The minimum atomic E-state index is 0.339. The van der Waals surface area contributed by atoms with Gasteiger partial charge in [-0.1, -0.05) is 18.2 Å². The molecule has 0 bridgehead atoms. The Bertz CT molecular complexity index is 1000. The number of benzene rings is 2. The van der Waals surface area contributed by atoms with Crippen LogP contribution in [0.1, 0.15) is 24.0 Å². The zero-order chi connectivity index (χ0) is 22.6. The molecule has 0 saturated carbocycles. The second-order valence-electron chi connectivity index (χ2n) is 6.52. The number of hydrogen-bond acceptors (Lipinski definition) is 6. The van der Waals surface area contributed by atoms with Crippen LogP contribution >= 0.6 is 0 Å². The van der Waals surface area contributed by atoms with E-state index in [1.807, 2.05) is 48.6 Å². The number of rotatable bonds is 11. The van der Waals surface area contributed by atoms with E-state index in [0.29, 0.717) is 40.8 Å². The van der Waals surface area contributed by atoms with Gasteiger partial charge < -0.3 is 18.9 Å². The molecule has 0 aliphatic rings. The Morgan fingerprint density at radius 3 is 2.13 bits per heavy atom. The number of hydrogen-bond donors (Lipinski definition) is 0. The van der Waals surface area contributed by atoms with Crippen LogP contribution in [0.15, 0.2) is 54.0 Å². The van der Waals surface area contributed by atoms with Gasteiger partial charge in [0, 0.05) is 12.1 Å². The number of unbranched alkanes of at least 4 members (excludes halogenated alkanes) is 1. The Balaban J connectivity index is 2.61. The number of methoxy groups -OCH3 is 4. The number of allylic oxidation sites excluding steroid dienone is 2. The fourth-order valence-electron chi connectivity index (χ4n) is 3.01. The summed E-state index contributed by atoms with van der Waals surface area (Å²) in [5.41, 5.74) is 2.65. The van der Waals surface area contributed by atoms with Crippen LogP contribution in [0.5, 0.6) is 23.0 Å². The molecule has 2 aromatic carbocycles. The van der Waals surface area contributed by atoms with E-state index >= 15 is 0 Å². The molecule has 0 radical (unpaired) electrons. The van der Waals surface area contributed by atoms with E-state index in [4.69, 9.17) is 18.9 Å². The van der Waals surface area contributed by atoms with Gasteiger partial charge in [0.2, 0.25) is 0 Å². The second-order valence-corrected chi connectivity index (χ2v) is 6.52. The van der Waals surface area contributed by atoms with Gasteiger partial charge in [0.1, 0.15) is 11.8 Å². The Morgan fingerprint density at radius 1 is 0.935 bits per heavy atom. The van der Waals surface area contributed by atoms with Crippen LogP contribution < -0.4 is 18.9 Å². The summed E-state index contributed by atoms with van der Waals surface area (Å²) >= 11 is 0. The first kappa shape index (κ1) is 23.6. The average Bonchev–Trinajstić information content (AvgIpc) is 2.82. The summed E-state index contributed by atoms with van der Waals surface area (Å²) in [5, 5.41) is 9.86. The molecule has 0 aromatic heterocycles. The molecule has 0 aliphatic heterocycles. The highest BCUT2D eigenvalue weighted by Gasteiger charge is 2.14. The van der Waals surface area contributed by atoms with Crippen molar-refractivity contribution in [1.29, 1.82) is 5.26 Å². The fraction of sp³-hybridized carbons (Fsp3) is 0.280. The van der Waals surface area contributed by atoms with Crippen molar-refractivity contribution in [3.8, 4) is 29.1 Å². The van der Waals surface area contributed by atoms with Crippen molar-refractivity contribution in [2.24, 2.45) is 4.99 Å². The third-order valence-electron chi connectivity index (χ3n) is 4.61. The molecule has 0 fully saturated rings. The minimum Gasteiger partial charge on any atom is -0.493 e. The molecule has 6 heteroatoms. The Hall–Kier alpha value is -3.72. The first-order valence-electron chi connectivity index (χ1n) is 9.83. The van der Waals surface area contributed by atoms with Crippen molar-refractivity contribution in [1.82, 2.24) is 0 Å². The van der Waals surface area contributed by atoms with E-state index in [2.05, 4.69) is 17.6 Å². The standard InChI is InChI=1S/C25H28N2O4/c1-6-7-8-13-27-21(17-26)20(19-10-12-23(29-3)25(16-19)31-5)14-18-9-11-22(28-2)24(15-18)30-4/h6,9-12,14-16H,1,7-8,13H2,2-5H3/b20-14+,27-21-. The van der Waals surface area contributed by atoms with Crippen LogP contribution in [0.4, 0.5) is 0 Å². The summed E-state index contributed by atoms with van der Waals surface area (Å²) in [6, 6.07) is 13.3. The highest BCUT2D eigenvalue weighted by molar-refractivity contribution is 6.34. The van der Waals surface area contributed by atoms with Crippen molar-refractivity contribution in [2.75, 3.05) is 35.0 Å². The first-order valence-corrected chi connectivity index (χ1v) is 9.83. The van der Waals surface area contributed by atoms with E-state index < -0.39 is 0 Å². The lowest BCUT2D eigenvalue weighted by Crippen LogP contribution is -2.02. The van der Waals surface area contributed by atoms with E-state index in [0.717, 1.165) is 24.0 Å². The van der Waals surface area contributed by atoms with Gasteiger partial charge in [0.25, 0.3) is 0 Å². The number of nitrogens with zero attached hydrogens (tertiary/aromatic N) is 2. The van der Waals surface area contributed by atoms with Crippen LogP contribution in [-0.4, -0.2) is 40.7 Å². The van der Waals surface area contributed by atoms with Crippen molar-refractivity contribution in [2.45, 2.75) is 12.8 Å². The van der Waals surface area contributed by atoms with Gasteiger partial charge in [0.15, 0.2) is 23.0 Å². The SMILES string of the molecule is C=CCCC/N=C(C#N)\C(=C\c1ccc(OC)c(OC)c1)c1ccc(OC)c(OC)c1. The predicted octanol–water partition coefficient (Wildman–Crippen LogP) is 5.19. The van der Waals surface area contributed by atoms with Crippen molar-refractivity contribution in [3.05, 3.63) is 60.2 Å². The number of nitriles is 1. The van der Waals surface area contributed by atoms with Crippen LogP contribution in [0.25, 0.3) is 11.6 Å². The highest BCUT2D eigenvalue weighted by Crippen LogP contribution is 2.33. The van der Waals surface area contributed by atoms with Crippen molar-refractivity contribution < 1.29 is 18.9 Å². The molecule has 31 heavy (non-hydrogen) atoms. The molecule has 162 valence electrons. The quantitative estimate of drug-likeness (QED) is 0.216. The third-order valence-corrected chi connectivity index (χ3v) is 4.61. The lowest BCUT2D eigenvalue weighted by molar-refractivity contribution is 0.355. The molecular weight excluding hydrogens is 392 g/mol. The van der Waals surface area contributed by atoms with Crippen LogP contribution in [0.3, 0.4) is 0 Å². The molecule has 0 N–H and O–H groups in total. The number of aliphatic imine (C=N–C) groups is 1. The maximum atomic E-state index is 9.86. The molecule has 0 aliphatic carbocycles. The molecule has 0 heterocycles. The van der Waals surface area contributed by atoms with Crippen LogP contribution in [0, 0.1) is 11.3 Å². The molecular formula is C25H28N2O4. The predicted molar refractivity (Wildman–Crippen MR) is 124 cm³/mol. The molecule has 2 aromatic rings. The van der Waals surface area contributed by atoms with Gasteiger partial charge in [-0.15, -0.1) is 6.58 Å². The molecule has 2 rings (SSSR count). The minimum absolute atomic E-state index is 0.339. The van der Waals surface area contributed by atoms with E-state index in [1.54, 1.807) is 28.4 Å². The second kappa shape index (κ2) is 12.1. The Labute approximate surface area is 184 Å². The third kappa shape index (κ3) is 6.13. The largest absolute Gasteiger partial charge is 0.493 e.